The van der Waals surface area contributed by atoms with Crippen LogP contribution in [0.2, 0.25) is 0 Å². The smallest absolute Gasteiger partial charge is 0.0937 e. The van der Waals surface area contributed by atoms with E-state index >= 15 is 0 Å². The summed E-state index contributed by atoms with van der Waals surface area (Å²) in [6, 6.07) is 0.576. The molecular formula is C10H16IN+. The summed E-state index contributed by atoms with van der Waals surface area (Å²) in [6.45, 7) is 2.28. The van der Waals surface area contributed by atoms with Crippen molar-refractivity contribution in [1.29, 1.82) is 0 Å². The summed E-state index contributed by atoms with van der Waals surface area (Å²) >= 11 is 2.40. The van der Waals surface area contributed by atoms with E-state index in [4.69, 9.17) is 0 Å². The van der Waals surface area contributed by atoms with Crippen LogP contribution in [0.4, 0.5) is 0 Å². The highest BCUT2D eigenvalue weighted by Crippen LogP contribution is 2.42. The van der Waals surface area contributed by atoms with Crippen LogP contribution in [0.25, 0.3) is 0 Å². The Hall–Kier alpha value is 0.690. The van der Waals surface area contributed by atoms with Gasteiger partial charge in [0, 0.05) is 0 Å². The summed E-state index contributed by atoms with van der Waals surface area (Å²) in [5, 5.41) is 0. The van der Waals surface area contributed by atoms with Crippen LogP contribution in [0, 0.1) is 29.1 Å². The SMILES string of the molecule is C[C@H]([C]1[CH][CH][CH][C]1I)[N+](C)(C)C. The van der Waals surface area contributed by atoms with Crippen LogP contribution in [0.5, 0.6) is 0 Å². The first kappa shape index (κ1) is 10.8. The van der Waals surface area contributed by atoms with E-state index in [1.54, 1.807) is 0 Å². The molecule has 0 bridgehead atoms. The molecule has 2 heteroatoms. The average molecular weight is 277 g/mol. The minimum atomic E-state index is 0.576. The first-order valence-electron chi connectivity index (χ1n) is 4.15. The van der Waals surface area contributed by atoms with Crippen molar-refractivity contribution >= 4 is 22.6 Å². The first-order chi connectivity index (χ1) is 5.43. The second-order valence-corrected chi connectivity index (χ2v) is 5.28. The standard InChI is InChI=1S/C10H16IN/c1-8(12(2,3)4)9-6-5-7-10(9)11/h5-8H,1-4H3/q+1/t8-/m1/s1. The Morgan fingerprint density at radius 1 is 1.25 bits per heavy atom. The van der Waals surface area contributed by atoms with Crippen LogP contribution in [0.1, 0.15) is 6.92 Å². The number of quaternary nitrogens is 1. The monoisotopic (exact) mass is 277 g/mol. The Kier molecular flexibility index (Phi) is 3.43. The Bertz CT molecular complexity index is 150. The summed E-state index contributed by atoms with van der Waals surface area (Å²) in [7, 11) is 6.69. The van der Waals surface area contributed by atoms with Gasteiger partial charge in [0.15, 0.2) is 0 Å². The highest BCUT2D eigenvalue weighted by molar-refractivity contribution is 14.1. The molecule has 0 aromatic heterocycles. The van der Waals surface area contributed by atoms with Crippen molar-refractivity contribution in [1.82, 2.24) is 0 Å². The lowest BCUT2D eigenvalue weighted by Crippen LogP contribution is -2.46. The molecule has 0 saturated heterocycles. The second-order valence-electron chi connectivity index (χ2n) is 4.12. The van der Waals surface area contributed by atoms with Gasteiger partial charge in [-0.05, 0) is 26.2 Å². The molecular weight excluding hydrogens is 261 g/mol. The molecule has 0 unspecified atom stereocenters. The molecule has 1 fully saturated rings. The molecule has 1 aliphatic rings. The van der Waals surface area contributed by atoms with E-state index in [0.717, 1.165) is 4.48 Å². The molecule has 67 valence electrons. The van der Waals surface area contributed by atoms with Crippen LogP contribution in [-0.4, -0.2) is 31.7 Å². The fourth-order valence-corrected chi connectivity index (χ4v) is 2.01. The van der Waals surface area contributed by atoms with Gasteiger partial charge in [0.2, 0.25) is 0 Å². The maximum atomic E-state index is 2.40. The van der Waals surface area contributed by atoms with Crippen LogP contribution in [0.3, 0.4) is 0 Å². The van der Waals surface area contributed by atoms with Crippen molar-refractivity contribution in [2.75, 3.05) is 21.1 Å². The van der Waals surface area contributed by atoms with Crippen molar-refractivity contribution in [3.63, 3.8) is 0 Å². The topological polar surface area (TPSA) is 0 Å². The van der Waals surface area contributed by atoms with Gasteiger partial charge in [0.1, 0.15) is 0 Å². The van der Waals surface area contributed by atoms with Gasteiger partial charge in [0.25, 0.3) is 0 Å². The van der Waals surface area contributed by atoms with Gasteiger partial charge in [-0.25, -0.2) is 0 Å². The molecule has 1 nitrogen and oxygen atoms in total. The van der Waals surface area contributed by atoms with Gasteiger partial charge < -0.3 is 4.48 Å². The normalized spacial score (nSPS) is 24.8. The van der Waals surface area contributed by atoms with Crippen molar-refractivity contribution in [2.45, 2.75) is 13.0 Å². The van der Waals surface area contributed by atoms with Gasteiger partial charge in [0.05, 0.1) is 37.0 Å². The van der Waals surface area contributed by atoms with Gasteiger partial charge in [-0.2, -0.15) is 0 Å². The van der Waals surface area contributed by atoms with E-state index in [1.807, 2.05) is 0 Å². The number of hydrogen-bond donors (Lipinski definition) is 0. The third kappa shape index (κ3) is 2.34. The zero-order valence-electron chi connectivity index (χ0n) is 8.13. The quantitative estimate of drug-likeness (QED) is 0.536. The lowest BCUT2D eigenvalue weighted by Gasteiger charge is -2.35. The van der Waals surface area contributed by atoms with Crippen molar-refractivity contribution in [3.8, 4) is 0 Å². The van der Waals surface area contributed by atoms with Crippen LogP contribution >= 0.6 is 22.6 Å². The van der Waals surface area contributed by atoms with E-state index < -0.39 is 0 Å². The average Bonchev–Trinajstić information content (AvgIpc) is 2.31. The molecule has 12 heavy (non-hydrogen) atoms. The van der Waals surface area contributed by atoms with Crippen molar-refractivity contribution < 1.29 is 4.48 Å². The van der Waals surface area contributed by atoms with E-state index in [0.29, 0.717) is 6.04 Å². The third-order valence-electron chi connectivity index (χ3n) is 2.41. The van der Waals surface area contributed by atoms with Gasteiger partial charge in [-0.1, -0.05) is 22.6 Å². The summed E-state index contributed by atoms with van der Waals surface area (Å²) in [5.74, 6) is 1.46. The molecule has 1 aliphatic carbocycles. The molecule has 0 spiro atoms. The van der Waals surface area contributed by atoms with Crippen molar-refractivity contribution in [2.24, 2.45) is 0 Å². The van der Waals surface area contributed by atoms with E-state index in [-0.39, 0.29) is 0 Å². The van der Waals surface area contributed by atoms with Crippen molar-refractivity contribution in [3.05, 3.63) is 29.1 Å². The van der Waals surface area contributed by atoms with Gasteiger partial charge in [-0.3, -0.25) is 0 Å². The molecule has 0 N–H and O–H groups in total. The van der Waals surface area contributed by atoms with Crippen LogP contribution < -0.4 is 0 Å². The lowest BCUT2D eigenvalue weighted by atomic mass is 9.97. The number of rotatable bonds is 2. The molecule has 1 rings (SSSR count). The highest BCUT2D eigenvalue weighted by atomic mass is 127. The predicted molar refractivity (Wildman–Crippen MR) is 60.9 cm³/mol. The second kappa shape index (κ2) is 3.82. The molecule has 1 atom stereocenters. The molecule has 0 heterocycles. The maximum absolute atomic E-state index is 2.40. The zero-order chi connectivity index (χ0) is 9.35. The number of hydrogen-bond acceptors (Lipinski definition) is 0. The molecule has 0 aromatic rings. The number of halogens is 1. The Morgan fingerprint density at radius 2 is 1.83 bits per heavy atom. The minimum Gasteiger partial charge on any atom is -0.328 e. The predicted octanol–water partition coefficient (Wildman–Crippen LogP) is 2.25. The summed E-state index contributed by atoms with van der Waals surface area (Å²) in [6.07, 6.45) is 6.52. The van der Waals surface area contributed by atoms with E-state index in [1.165, 1.54) is 9.84 Å². The van der Waals surface area contributed by atoms with E-state index in [2.05, 4.69) is 69.9 Å². The molecule has 0 aromatic carbocycles. The maximum Gasteiger partial charge on any atom is 0.0937 e. The van der Waals surface area contributed by atoms with Crippen LogP contribution in [-0.2, 0) is 0 Å². The van der Waals surface area contributed by atoms with Gasteiger partial charge in [-0.15, -0.1) is 0 Å². The largest absolute Gasteiger partial charge is 0.328 e. The molecule has 0 aliphatic heterocycles. The Morgan fingerprint density at radius 3 is 2.17 bits per heavy atom. The zero-order valence-corrected chi connectivity index (χ0v) is 10.3. The van der Waals surface area contributed by atoms with Crippen LogP contribution in [0.15, 0.2) is 0 Å². The minimum absolute atomic E-state index is 0.576. The van der Waals surface area contributed by atoms with E-state index in [9.17, 15) is 0 Å². The first-order valence-corrected chi connectivity index (χ1v) is 5.23. The Labute approximate surface area is 90.2 Å². The highest BCUT2D eigenvalue weighted by Gasteiger charge is 2.37. The molecule has 1 saturated carbocycles. The Balaban J connectivity index is 2.57. The summed E-state index contributed by atoms with van der Waals surface area (Å²) in [4.78, 5) is 0. The van der Waals surface area contributed by atoms with Gasteiger partial charge >= 0.3 is 0 Å². The fourth-order valence-electron chi connectivity index (χ4n) is 1.17. The number of nitrogens with zero attached hydrogens (tertiary/aromatic N) is 1. The fraction of sp³-hybridized carbons (Fsp3) is 0.500. The third-order valence-corrected chi connectivity index (χ3v) is 3.39. The summed E-state index contributed by atoms with van der Waals surface area (Å²) < 4.78 is 2.37. The summed E-state index contributed by atoms with van der Waals surface area (Å²) in [5.41, 5.74) is 0. The molecule has 5 radical (unpaired) electrons. The lowest BCUT2D eigenvalue weighted by molar-refractivity contribution is -0.890. The molecule has 0 amide bonds.